The van der Waals surface area contributed by atoms with E-state index >= 15 is 0 Å². The Morgan fingerprint density at radius 2 is 2.29 bits per heavy atom. The molecule has 1 aromatic rings. The van der Waals surface area contributed by atoms with E-state index in [1.54, 1.807) is 12.1 Å². The second-order valence-corrected chi connectivity index (χ2v) is 6.79. The van der Waals surface area contributed by atoms with Gasteiger partial charge < -0.3 is 5.32 Å². The van der Waals surface area contributed by atoms with Gasteiger partial charge in [0.15, 0.2) is 5.78 Å². The minimum atomic E-state index is -0.787. The highest BCUT2D eigenvalue weighted by molar-refractivity contribution is 7.12. The monoisotopic (exact) mass is 306 g/mol. The molecular weight excluding hydrogens is 288 g/mol. The zero-order valence-electron chi connectivity index (χ0n) is 11.9. The molecule has 5 nitrogen and oxygen atoms in total. The molecule has 1 spiro atoms. The Labute approximate surface area is 127 Å². The minimum Gasteiger partial charge on any atom is -0.323 e. The molecule has 3 amide bonds. The summed E-state index contributed by atoms with van der Waals surface area (Å²) in [5, 5.41) is 4.67. The van der Waals surface area contributed by atoms with Gasteiger partial charge in [0.2, 0.25) is 0 Å². The van der Waals surface area contributed by atoms with E-state index in [9.17, 15) is 14.4 Å². The number of thiophene rings is 1. The summed E-state index contributed by atoms with van der Waals surface area (Å²) in [6.07, 6.45) is 3.62. The third kappa shape index (κ3) is 2.27. The standard InChI is InChI=1S/C15H18N2O3S/c1-10-5-2-3-7-15(10)13(19)17(14(20)16-15)9-11(18)12-6-4-8-21-12/h4,6,8,10H,2-3,5,7,9H2,1H3,(H,16,20)/t10-,15+/m0/s1. The first-order valence-electron chi connectivity index (χ1n) is 7.25. The number of hydrogen-bond donors (Lipinski definition) is 1. The van der Waals surface area contributed by atoms with E-state index in [-0.39, 0.29) is 24.2 Å². The first-order valence-corrected chi connectivity index (χ1v) is 8.13. The Bertz CT molecular complexity index is 584. The predicted molar refractivity (Wildman–Crippen MR) is 79.3 cm³/mol. The van der Waals surface area contributed by atoms with Gasteiger partial charge >= 0.3 is 6.03 Å². The zero-order chi connectivity index (χ0) is 15.0. The number of urea groups is 1. The van der Waals surface area contributed by atoms with Crippen LogP contribution in [0.2, 0.25) is 0 Å². The van der Waals surface area contributed by atoms with Crippen molar-refractivity contribution in [1.29, 1.82) is 0 Å². The summed E-state index contributed by atoms with van der Waals surface area (Å²) in [5.41, 5.74) is -0.787. The molecule has 0 radical (unpaired) electrons. The Balaban J connectivity index is 1.79. The Kier molecular flexibility index (Phi) is 3.57. The summed E-state index contributed by atoms with van der Waals surface area (Å²) in [6.45, 7) is 1.83. The summed E-state index contributed by atoms with van der Waals surface area (Å²) in [6, 6.07) is 3.07. The van der Waals surface area contributed by atoms with Crippen molar-refractivity contribution in [1.82, 2.24) is 10.2 Å². The van der Waals surface area contributed by atoms with Crippen LogP contribution in [-0.4, -0.2) is 34.7 Å². The van der Waals surface area contributed by atoms with Gasteiger partial charge in [-0.3, -0.25) is 14.5 Å². The number of amides is 3. The van der Waals surface area contributed by atoms with Crippen molar-refractivity contribution in [3.8, 4) is 0 Å². The molecule has 1 aromatic heterocycles. The van der Waals surface area contributed by atoms with Crippen molar-refractivity contribution in [2.24, 2.45) is 5.92 Å². The van der Waals surface area contributed by atoms with Gasteiger partial charge in [-0.2, -0.15) is 0 Å². The van der Waals surface area contributed by atoms with E-state index in [0.29, 0.717) is 11.3 Å². The van der Waals surface area contributed by atoms with Gasteiger partial charge in [0, 0.05) is 0 Å². The molecule has 0 unspecified atom stereocenters. The lowest BCUT2D eigenvalue weighted by Gasteiger charge is -2.36. The molecule has 2 atom stereocenters. The molecule has 1 saturated heterocycles. The van der Waals surface area contributed by atoms with Gasteiger partial charge in [0.25, 0.3) is 5.91 Å². The normalized spacial score (nSPS) is 29.0. The van der Waals surface area contributed by atoms with E-state index in [4.69, 9.17) is 0 Å². The van der Waals surface area contributed by atoms with Gasteiger partial charge in [-0.25, -0.2) is 4.79 Å². The number of nitrogens with one attached hydrogen (secondary N) is 1. The molecule has 2 fully saturated rings. The third-order valence-corrected chi connectivity index (χ3v) is 5.51. The van der Waals surface area contributed by atoms with Crippen LogP contribution in [0.3, 0.4) is 0 Å². The fraction of sp³-hybridized carbons (Fsp3) is 0.533. The summed E-state index contributed by atoms with van der Waals surface area (Å²) in [7, 11) is 0. The average molecular weight is 306 g/mol. The summed E-state index contributed by atoms with van der Waals surface area (Å²) < 4.78 is 0. The Hall–Kier alpha value is -1.69. The van der Waals surface area contributed by atoms with Crippen molar-refractivity contribution >= 4 is 29.1 Å². The highest BCUT2D eigenvalue weighted by atomic mass is 32.1. The zero-order valence-corrected chi connectivity index (χ0v) is 12.7. The molecule has 21 heavy (non-hydrogen) atoms. The van der Waals surface area contributed by atoms with E-state index in [1.165, 1.54) is 11.3 Å². The average Bonchev–Trinajstić information content (AvgIpc) is 3.06. The molecule has 1 N–H and O–H groups in total. The topological polar surface area (TPSA) is 66.5 Å². The van der Waals surface area contributed by atoms with Crippen molar-refractivity contribution in [3.05, 3.63) is 22.4 Å². The van der Waals surface area contributed by atoms with Gasteiger partial charge in [-0.15, -0.1) is 11.3 Å². The Morgan fingerprint density at radius 1 is 1.48 bits per heavy atom. The molecule has 1 aliphatic heterocycles. The van der Waals surface area contributed by atoms with Crippen molar-refractivity contribution in [3.63, 3.8) is 0 Å². The van der Waals surface area contributed by atoms with E-state index in [1.807, 2.05) is 12.3 Å². The van der Waals surface area contributed by atoms with E-state index < -0.39 is 11.6 Å². The van der Waals surface area contributed by atoms with Crippen LogP contribution in [0, 0.1) is 5.92 Å². The van der Waals surface area contributed by atoms with Gasteiger partial charge in [-0.1, -0.05) is 25.8 Å². The third-order valence-electron chi connectivity index (χ3n) is 4.60. The maximum Gasteiger partial charge on any atom is 0.325 e. The molecule has 2 aliphatic rings. The molecule has 1 aliphatic carbocycles. The number of nitrogens with zero attached hydrogens (tertiary/aromatic N) is 1. The minimum absolute atomic E-state index is 0.115. The Morgan fingerprint density at radius 3 is 2.95 bits per heavy atom. The van der Waals surface area contributed by atoms with Gasteiger partial charge in [0.1, 0.15) is 5.54 Å². The fourth-order valence-electron chi connectivity index (χ4n) is 3.30. The van der Waals surface area contributed by atoms with Crippen LogP contribution in [0.5, 0.6) is 0 Å². The smallest absolute Gasteiger partial charge is 0.323 e. The quantitative estimate of drug-likeness (QED) is 0.689. The molecule has 1 saturated carbocycles. The summed E-state index contributed by atoms with van der Waals surface area (Å²) in [5.74, 6) is -0.303. The molecule has 3 rings (SSSR count). The predicted octanol–water partition coefficient (Wildman–Crippen LogP) is 2.43. The molecule has 6 heteroatoms. The number of carbonyl (C=O) groups excluding carboxylic acids is 3. The number of ketones is 1. The van der Waals surface area contributed by atoms with Gasteiger partial charge in [-0.05, 0) is 30.2 Å². The second kappa shape index (κ2) is 5.26. The van der Waals surface area contributed by atoms with Crippen LogP contribution >= 0.6 is 11.3 Å². The molecular formula is C15H18N2O3S. The SMILES string of the molecule is C[C@H]1CCCC[C@@]12NC(=O)N(CC(=O)c1cccs1)C2=O. The van der Waals surface area contributed by atoms with Crippen LogP contribution in [0.15, 0.2) is 17.5 Å². The van der Waals surface area contributed by atoms with Crippen molar-refractivity contribution in [2.75, 3.05) is 6.54 Å². The van der Waals surface area contributed by atoms with Crippen molar-refractivity contribution in [2.45, 2.75) is 38.1 Å². The highest BCUT2D eigenvalue weighted by Crippen LogP contribution is 2.38. The maximum absolute atomic E-state index is 12.7. The molecule has 0 aromatic carbocycles. The second-order valence-electron chi connectivity index (χ2n) is 5.84. The summed E-state index contributed by atoms with van der Waals surface area (Å²) >= 11 is 1.33. The van der Waals surface area contributed by atoms with E-state index in [2.05, 4.69) is 5.32 Å². The van der Waals surface area contributed by atoms with E-state index in [0.717, 1.165) is 24.2 Å². The van der Waals surface area contributed by atoms with Crippen LogP contribution in [0.25, 0.3) is 0 Å². The lowest BCUT2D eigenvalue weighted by molar-refractivity contribution is -0.133. The first-order chi connectivity index (χ1) is 10.0. The molecule has 112 valence electrons. The number of Topliss-reactive ketones (excluding diaryl/α,β-unsaturated/α-hetero) is 1. The largest absolute Gasteiger partial charge is 0.325 e. The van der Waals surface area contributed by atoms with Crippen LogP contribution in [0.1, 0.15) is 42.3 Å². The number of carbonyl (C=O) groups is 3. The highest BCUT2D eigenvalue weighted by Gasteiger charge is 2.55. The van der Waals surface area contributed by atoms with Gasteiger partial charge in [0.05, 0.1) is 11.4 Å². The lowest BCUT2D eigenvalue weighted by atomic mass is 9.73. The molecule has 2 heterocycles. The first kappa shape index (κ1) is 14.3. The maximum atomic E-state index is 12.7. The van der Waals surface area contributed by atoms with Crippen molar-refractivity contribution < 1.29 is 14.4 Å². The summed E-state index contributed by atoms with van der Waals surface area (Å²) in [4.78, 5) is 38.7. The van der Waals surface area contributed by atoms with Crippen LogP contribution in [0.4, 0.5) is 4.79 Å². The lowest BCUT2D eigenvalue weighted by Crippen LogP contribution is -2.54. The molecule has 0 bridgehead atoms. The number of hydrogen-bond acceptors (Lipinski definition) is 4. The van der Waals surface area contributed by atoms with Crippen LogP contribution in [-0.2, 0) is 4.79 Å². The number of rotatable bonds is 3. The number of imide groups is 1. The van der Waals surface area contributed by atoms with Crippen LogP contribution < -0.4 is 5.32 Å². The fourth-order valence-corrected chi connectivity index (χ4v) is 3.95.